The Bertz CT molecular complexity index is 1420. The van der Waals surface area contributed by atoms with Gasteiger partial charge in [-0.15, -0.1) is 0 Å². The highest BCUT2D eigenvalue weighted by atomic mass is 16.6. The minimum Gasteiger partial charge on any atom is -0.466 e. The van der Waals surface area contributed by atoms with Crippen molar-refractivity contribution < 1.29 is 38.1 Å². The molecule has 0 aliphatic carbocycles. The molecule has 2 aromatic carbocycles. The van der Waals surface area contributed by atoms with E-state index in [1.807, 2.05) is 54.6 Å². The Hall–Kier alpha value is -4.18. The van der Waals surface area contributed by atoms with Crippen LogP contribution in [0.2, 0.25) is 0 Å². The number of hydrogen-bond acceptors (Lipinski definition) is 8. The monoisotopic (exact) mass is 532 g/mol. The molecule has 4 heterocycles. The minimum atomic E-state index is -1.96. The van der Waals surface area contributed by atoms with Crippen LogP contribution in [0.15, 0.2) is 65.9 Å². The maximum atomic E-state index is 14.2. The molecule has 10 heteroatoms. The van der Waals surface area contributed by atoms with Crippen LogP contribution in [0.1, 0.15) is 43.0 Å². The number of rotatable bonds is 5. The zero-order valence-corrected chi connectivity index (χ0v) is 21.8. The van der Waals surface area contributed by atoms with E-state index < -0.39 is 47.3 Å². The van der Waals surface area contributed by atoms with Crippen molar-refractivity contribution in [2.75, 3.05) is 13.7 Å². The summed E-state index contributed by atoms with van der Waals surface area (Å²) in [5.74, 6) is -4.40. The minimum absolute atomic E-state index is 0.0144. The van der Waals surface area contributed by atoms with Crippen LogP contribution in [0.3, 0.4) is 0 Å². The van der Waals surface area contributed by atoms with Gasteiger partial charge >= 0.3 is 18.0 Å². The average Bonchev–Trinajstić information content (AvgIpc) is 3.38. The van der Waals surface area contributed by atoms with E-state index >= 15 is 0 Å². The smallest absolute Gasteiger partial charge is 0.418 e. The molecule has 2 fully saturated rings. The van der Waals surface area contributed by atoms with Crippen LogP contribution in [0, 0.1) is 5.92 Å². The van der Waals surface area contributed by atoms with E-state index in [0.29, 0.717) is 12.0 Å². The molecule has 0 saturated carbocycles. The van der Waals surface area contributed by atoms with Gasteiger partial charge in [0.15, 0.2) is 0 Å². The predicted octanol–water partition coefficient (Wildman–Crippen LogP) is 3.22. The molecule has 0 aromatic heterocycles. The molecule has 0 N–H and O–H groups in total. The Labute approximate surface area is 225 Å². The van der Waals surface area contributed by atoms with Crippen molar-refractivity contribution in [3.8, 4) is 0 Å². The van der Waals surface area contributed by atoms with Crippen LogP contribution in [0.25, 0.3) is 0 Å². The predicted molar refractivity (Wildman–Crippen MR) is 134 cm³/mol. The molecule has 2 amide bonds. The number of hydrogen-bond donors (Lipinski definition) is 0. The fourth-order valence-electron chi connectivity index (χ4n) is 6.55. The van der Waals surface area contributed by atoms with E-state index in [2.05, 4.69) is 0 Å². The summed E-state index contributed by atoms with van der Waals surface area (Å²) < 4.78 is 22.6. The summed E-state index contributed by atoms with van der Waals surface area (Å²) in [6.45, 7) is 3.34. The summed E-state index contributed by atoms with van der Waals surface area (Å²) in [4.78, 5) is 57.4. The zero-order chi connectivity index (χ0) is 27.5. The molecule has 4 aliphatic rings. The Kier molecular flexibility index (Phi) is 5.76. The van der Waals surface area contributed by atoms with Crippen LogP contribution >= 0.6 is 0 Å². The van der Waals surface area contributed by atoms with Crippen molar-refractivity contribution in [3.05, 3.63) is 82.6 Å². The highest BCUT2D eigenvalue weighted by molar-refractivity contribution is 6.10. The third kappa shape index (κ3) is 3.30. The lowest BCUT2D eigenvalue weighted by molar-refractivity contribution is -0.213. The highest BCUT2D eigenvalue weighted by Gasteiger charge is 2.81. The second-order valence-corrected chi connectivity index (χ2v) is 10.1. The van der Waals surface area contributed by atoms with E-state index in [9.17, 15) is 19.2 Å². The van der Waals surface area contributed by atoms with Crippen molar-refractivity contribution in [2.24, 2.45) is 5.92 Å². The number of benzene rings is 2. The van der Waals surface area contributed by atoms with E-state index in [1.54, 1.807) is 13.8 Å². The Morgan fingerprint density at radius 1 is 1.05 bits per heavy atom. The molecule has 202 valence electrons. The highest BCUT2D eigenvalue weighted by Crippen LogP contribution is 2.63. The largest absolute Gasteiger partial charge is 0.466 e. The Balaban J connectivity index is 1.57. The summed E-state index contributed by atoms with van der Waals surface area (Å²) in [5, 5.41) is 0. The third-order valence-electron chi connectivity index (χ3n) is 8.09. The number of nitrogens with zero attached hydrogens (tertiary/aromatic N) is 2. The SMILES string of the molecule is CCOC(=O)C1=C(C)N(C(=O)OCc2ccccc2)[C@]23O[C@]4(C(=O)OC)C[C@H]2Cc2ccccc2[C@H]1N3C4=O. The second-order valence-electron chi connectivity index (χ2n) is 10.1. The van der Waals surface area contributed by atoms with Gasteiger partial charge in [0.1, 0.15) is 6.61 Å². The lowest BCUT2D eigenvalue weighted by Crippen LogP contribution is -2.68. The summed E-state index contributed by atoms with van der Waals surface area (Å²) in [6.07, 6.45) is -0.408. The topological polar surface area (TPSA) is 112 Å². The van der Waals surface area contributed by atoms with Crippen molar-refractivity contribution in [1.82, 2.24) is 9.80 Å². The molecule has 3 bridgehead atoms. The standard InChI is InChI=1S/C29H28N2O8/c1-4-37-24(32)22-17(2)30(27(35)38-16-18-10-6-5-7-11-18)29-20-14-19-12-8-9-13-21(19)23(22)31(29)25(33)28(15-20,39-29)26(34)36-3/h5-13,20,23H,4,14-16H2,1-3H3/t20-,23-,28-,29-/m1/s1. The molecule has 0 radical (unpaired) electrons. The second kappa shape index (κ2) is 8.94. The van der Waals surface area contributed by atoms with Gasteiger partial charge in [-0.2, -0.15) is 0 Å². The molecule has 39 heavy (non-hydrogen) atoms. The van der Waals surface area contributed by atoms with Crippen molar-refractivity contribution in [2.45, 2.75) is 50.8 Å². The molecule has 4 atom stereocenters. The molecule has 10 nitrogen and oxygen atoms in total. The van der Waals surface area contributed by atoms with Crippen molar-refractivity contribution >= 4 is 23.9 Å². The number of methoxy groups -OCH3 is 1. The van der Waals surface area contributed by atoms with E-state index in [1.165, 1.54) is 16.9 Å². The first-order valence-corrected chi connectivity index (χ1v) is 12.9. The summed E-state index contributed by atoms with van der Waals surface area (Å²) in [7, 11) is 1.19. The molecule has 2 saturated heterocycles. The molecule has 1 spiro atoms. The first-order valence-electron chi connectivity index (χ1n) is 12.9. The van der Waals surface area contributed by atoms with Gasteiger partial charge in [-0.3, -0.25) is 9.69 Å². The fraction of sp³-hybridized carbons (Fsp3) is 0.379. The summed E-state index contributed by atoms with van der Waals surface area (Å²) in [5.41, 5.74) is 0.745. The lowest BCUT2D eigenvalue weighted by atomic mass is 9.81. The number of ether oxygens (including phenoxy) is 4. The number of fused-ring (bicyclic) bond motifs is 3. The average molecular weight is 533 g/mol. The first kappa shape index (κ1) is 25.1. The maximum absolute atomic E-state index is 14.2. The summed E-state index contributed by atoms with van der Waals surface area (Å²) in [6, 6.07) is 15.7. The van der Waals surface area contributed by atoms with Gasteiger partial charge in [0.05, 0.1) is 25.3 Å². The third-order valence-corrected chi connectivity index (χ3v) is 8.09. The first-order chi connectivity index (χ1) is 18.8. The van der Waals surface area contributed by atoms with Gasteiger partial charge in [0.25, 0.3) is 5.91 Å². The fourth-order valence-corrected chi connectivity index (χ4v) is 6.55. The van der Waals surface area contributed by atoms with Crippen molar-refractivity contribution in [3.63, 3.8) is 0 Å². The van der Waals surface area contributed by atoms with E-state index in [4.69, 9.17) is 18.9 Å². The summed E-state index contributed by atoms with van der Waals surface area (Å²) >= 11 is 0. The van der Waals surface area contributed by atoms with Gasteiger partial charge in [0.2, 0.25) is 11.4 Å². The van der Waals surface area contributed by atoms with Crippen molar-refractivity contribution in [1.29, 1.82) is 0 Å². The van der Waals surface area contributed by atoms with Gasteiger partial charge in [-0.05, 0) is 37.0 Å². The van der Waals surface area contributed by atoms with Gasteiger partial charge in [-0.25, -0.2) is 19.3 Å². The molecular formula is C29H28N2O8. The molecule has 6 rings (SSSR count). The number of esters is 2. The molecular weight excluding hydrogens is 504 g/mol. The number of piperidine rings is 1. The maximum Gasteiger partial charge on any atom is 0.418 e. The van der Waals surface area contributed by atoms with Crippen LogP contribution in [-0.4, -0.2) is 58.9 Å². The van der Waals surface area contributed by atoms with E-state index in [-0.39, 0.29) is 30.9 Å². The zero-order valence-electron chi connectivity index (χ0n) is 21.8. The van der Waals surface area contributed by atoms with Crippen LogP contribution in [0.5, 0.6) is 0 Å². The quantitative estimate of drug-likeness (QED) is 0.328. The number of amides is 2. The number of allylic oxidation sites excluding steroid dienone is 1. The lowest BCUT2D eigenvalue weighted by Gasteiger charge is -2.52. The molecule has 4 aliphatic heterocycles. The van der Waals surface area contributed by atoms with Crippen LogP contribution < -0.4 is 0 Å². The van der Waals surface area contributed by atoms with Gasteiger partial charge in [0, 0.05) is 18.0 Å². The Morgan fingerprint density at radius 2 is 1.77 bits per heavy atom. The van der Waals surface area contributed by atoms with E-state index in [0.717, 1.165) is 11.1 Å². The molecule has 2 aromatic rings. The normalized spacial score (nSPS) is 28.1. The van der Waals surface area contributed by atoms with Gasteiger partial charge < -0.3 is 18.9 Å². The number of carbonyl (C=O) groups excluding carboxylic acids is 4. The van der Waals surface area contributed by atoms with Gasteiger partial charge in [-0.1, -0.05) is 54.6 Å². The number of carbonyl (C=O) groups is 4. The van der Waals surface area contributed by atoms with Crippen LogP contribution in [-0.2, 0) is 46.4 Å². The molecule has 0 unspecified atom stereocenters. The Morgan fingerprint density at radius 3 is 2.49 bits per heavy atom. The van der Waals surface area contributed by atoms with Crippen LogP contribution in [0.4, 0.5) is 4.79 Å².